The Labute approximate surface area is 142 Å². The van der Waals surface area contributed by atoms with Gasteiger partial charge in [0, 0.05) is 17.5 Å². The molecular formula is C18H25N3O3. The lowest BCUT2D eigenvalue weighted by atomic mass is 10.0. The molecule has 1 saturated heterocycles. The molecule has 0 aliphatic carbocycles. The predicted molar refractivity (Wildman–Crippen MR) is 90.3 cm³/mol. The van der Waals surface area contributed by atoms with Crippen molar-refractivity contribution in [3.05, 3.63) is 35.5 Å². The summed E-state index contributed by atoms with van der Waals surface area (Å²) >= 11 is 0. The summed E-state index contributed by atoms with van der Waals surface area (Å²) in [5, 5.41) is 4.06. The van der Waals surface area contributed by atoms with E-state index in [0.717, 1.165) is 42.3 Å². The molecule has 0 radical (unpaired) electrons. The van der Waals surface area contributed by atoms with Crippen molar-refractivity contribution >= 4 is 0 Å². The monoisotopic (exact) mass is 331 g/mol. The number of benzene rings is 1. The molecule has 2 aromatic rings. The van der Waals surface area contributed by atoms with Crippen LogP contribution in [0.2, 0.25) is 0 Å². The third-order valence-electron chi connectivity index (χ3n) is 4.50. The third kappa shape index (κ3) is 3.38. The number of likely N-dealkylation sites (tertiary alicyclic amines) is 1. The van der Waals surface area contributed by atoms with Gasteiger partial charge in [-0.3, -0.25) is 4.90 Å². The predicted octanol–water partition coefficient (Wildman–Crippen LogP) is 3.55. The van der Waals surface area contributed by atoms with E-state index in [-0.39, 0.29) is 12.0 Å². The van der Waals surface area contributed by atoms with Gasteiger partial charge in [0.25, 0.3) is 0 Å². The Morgan fingerprint density at radius 3 is 2.79 bits per heavy atom. The summed E-state index contributed by atoms with van der Waals surface area (Å²) in [5.41, 5.74) is 1.15. The molecule has 0 amide bonds. The normalized spacial score (nSPS) is 18.3. The van der Waals surface area contributed by atoms with Gasteiger partial charge in [-0.15, -0.1) is 0 Å². The quantitative estimate of drug-likeness (QED) is 0.807. The largest absolute Gasteiger partial charge is 0.497 e. The van der Waals surface area contributed by atoms with Gasteiger partial charge in [-0.25, -0.2) is 0 Å². The highest BCUT2D eigenvalue weighted by atomic mass is 16.5. The van der Waals surface area contributed by atoms with Gasteiger partial charge < -0.3 is 14.0 Å². The lowest BCUT2D eigenvalue weighted by Gasteiger charge is -2.25. The number of aromatic nitrogens is 2. The minimum absolute atomic E-state index is 0.268. The first kappa shape index (κ1) is 16.8. The number of nitrogens with zero attached hydrogens (tertiary/aromatic N) is 3. The van der Waals surface area contributed by atoms with E-state index in [1.165, 1.54) is 0 Å². The van der Waals surface area contributed by atoms with Crippen molar-refractivity contribution in [2.24, 2.45) is 0 Å². The molecule has 1 aromatic heterocycles. The van der Waals surface area contributed by atoms with Gasteiger partial charge in [0.2, 0.25) is 5.89 Å². The van der Waals surface area contributed by atoms with Crippen molar-refractivity contribution in [2.75, 3.05) is 20.8 Å². The summed E-state index contributed by atoms with van der Waals surface area (Å²) in [7, 11) is 3.39. The fourth-order valence-corrected chi connectivity index (χ4v) is 3.21. The van der Waals surface area contributed by atoms with Gasteiger partial charge in [-0.05, 0) is 37.6 Å². The summed E-state index contributed by atoms with van der Waals surface area (Å²) in [6.07, 6.45) is 2.21. The van der Waals surface area contributed by atoms with Gasteiger partial charge in [0.15, 0.2) is 5.82 Å². The maximum Gasteiger partial charge on any atom is 0.240 e. The molecule has 3 rings (SSSR count). The van der Waals surface area contributed by atoms with Gasteiger partial charge in [0.1, 0.15) is 11.5 Å². The van der Waals surface area contributed by atoms with E-state index in [2.05, 4.69) is 35.0 Å². The highest BCUT2D eigenvalue weighted by Gasteiger charge is 2.30. The van der Waals surface area contributed by atoms with Crippen molar-refractivity contribution in [1.29, 1.82) is 0 Å². The Bertz CT molecular complexity index is 684. The van der Waals surface area contributed by atoms with Gasteiger partial charge >= 0.3 is 0 Å². The van der Waals surface area contributed by atoms with E-state index >= 15 is 0 Å². The van der Waals surface area contributed by atoms with Crippen LogP contribution in [0.25, 0.3) is 0 Å². The van der Waals surface area contributed by atoms with Crippen LogP contribution >= 0.6 is 0 Å². The Hall–Kier alpha value is -2.08. The average molecular weight is 331 g/mol. The van der Waals surface area contributed by atoms with Crippen molar-refractivity contribution in [2.45, 2.75) is 45.2 Å². The number of hydrogen-bond donors (Lipinski definition) is 0. The molecular weight excluding hydrogens is 306 g/mol. The Balaban J connectivity index is 1.82. The van der Waals surface area contributed by atoms with Crippen molar-refractivity contribution in [1.82, 2.24) is 15.0 Å². The smallest absolute Gasteiger partial charge is 0.240 e. The van der Waals surface area contributed by atoms with Crippen LogP contribution in [-0.2, 0) is 6.54 Å². The summed E-state index contributed by atoms with van der Waals surface area (Å²) in [6, 6.07) is 6.22. The van der Waals surface area contributed by atoms with Crippen LogP contribution in [0.3, 0.4) is 0 Å². The molecule has 0 bridgehead atoms. The molecule has 0 N–H and O–H groups in total. The van der Waals surface area contributed by atoms with Gasteiger partial charge in [-0.1, -0.05) is 19.0 Å². The van der Waals surface area contributed by atoms with Crippen LogP contribution in [0.1, 0.15) is 55.9 Å². The van der Waals surface area contributed by atoms with E-state index in [4.69, 9.17) is 14.0 Å². The zero-order valence-electron chi connectivity index (χ0n) is 14.8. The van der Waals surface area contributed by atoms with Gasteiger partial charge in [0.05, 0.1) is 20.8 Å². The highest BCUT2D eigenvalue weighted by molar-refractivity contribution is 5.42. The summed E-state index contributed by atoms with van der Waals surface area (Å²) in [4.78, 5) is 6.87. The minimum Gasteiger partial charge on any atom is -0.497 e. The molecule has 0 spiro atoms. The van der Waals surface area contributed by atoms with E-state index < -0.39 is 0 Å². The van der Waals surface area contributed by atoms with E-state index in [0.29, 0.717) is 12.4 Å². The molecule has 2 heterocycles. The van der Waals surface area contributed by atoms with E-state index in [1.807, 2.05) is 12.1 Å². The second kappa shape index (κ2) is 7.21. The molecule has 6 heteroatoms. The molecule has 24 heavy (non-hydrogen) atoms. The zero-order valence-corrected chi connectivity index (χ0v) is 14.8. The molecule has 0 saturated carbocycles. The van der Waals surface area contributed by atoms with Crippen molar-refractivity contribution in [3.8, 4) is 11.5 Å². The molecule has 1 aliphatic heterocycles. The zero-order chi connectivity index (χ0) is 17.1. The first-order valence-corrected chi connectivity index (χ1v) is 8.40. The van der Waals surface area contributed by atoms with Crippen LogP contribution < -0.4 is 9.47 Å². The van der Waals surface area contributed by atoms with E-state index in [9.17, 15) is 0 Å². The topological polar surface area (TPSA) is 60.6 Å². The summed E-state index contributed by atoms with van der Waals surface area (Å²) in [6.45, 7) is 5.79. The minimum atomic E-state index is 0.268. The highest BCUT2D eigenvalue weighted by Crippen LogP contribution is 2.39. The first-order chi connectivity index (χ1) is 11.6. The summed E-state index contributed by atoms with van der Waals surface area (Å²) in [5.74, 6) is 3.45. The lowest BCUT2D eigenvalue weighted by Crippen LogP contribution is -2.23. The van der Waals surface area contributed by atoms with Crippen molar-refractivity contribution < 1.29 is 14.0 Å². The molecule has 6 nitrogen and oxygen atoms in total. The van der Waals surface area contributed by atoms with Crippen molar-refractivity contribution in [3.63, 3.8) is 0 Å². The van der Waals surface area contributed by atoms with Crippen LogP contribution in [0, 0.1) is 0 Å². The number of ether oxygens (including phenoxy) is 2. The first-order valence-electron chi connectivity index (χ1n) is 8.40. The fraction of sp³-hybridized carbons (Fsp3) is 0.556. The Morgan fingerprint density at radius 1 is 1.29 bits per heavy atom. The van der Waals surface area contributed by atoms with E-state index in [1.54, 1.807) is 14.2 Å². The summed E-state index contributed by atoms with van der Waals surface area (Å²) < 4.78 is 16.4. The molecule has 1 aliphatic rings. The third-order valence-corrected chi connectivity index (χ3v) is 4.50. The molecule has 1 fully saturated rings. The fourth-order valence-electron chi connectivity index (χ4n) is 3.21. The lowest BCUT2D eigenvalue weighted by molar-refractivity contribution is 0.208. The van der Waals surface area contributed by atoms with Crippen LogP contribution in [-0.4, -0.2) is 35.8 Å². The van der Waals surface area contributed by atoms with Gasteiger partial charge in [-0.2, -0.15) is 4.98 Å². The molecule has 0 unspecified atom stereocenters. The Kier molecular flexibility index (Phi) is 5.04. The molecule has 1 aromatic carbocycles. The van der Waals surface area contributed by atoms with Crippen LogP contribution in [0.15, 0.2) is 22.7 Å². The maximum atomic E-state index is 5.56. The molecule has 1 atom stereocenters. The number of hydrogen-bond acceptors (Lipinski definition) is 6. The number of rotatable bonds is 6. The second-order valence-corrected chi connectivity index (χ2v) is 6.44. The van der Waals surface area contributed by atoms with Crippen LogP contribution in [0.4, 0.5) is 0 Å². The Morgan fingerprint density at radius 2 is 2.12 bits per heavy atom. The number of methoxy groups -OCH3 is 2. The second-order valence-electron chi connectivity index (χ2n) is 6.44. The molecule has 130 valence electrons. The standard InChI is InChI=1S/C18H25N3O3/c1-12(2)18-19-17(24-20-18)11-21-9-5-6-15(21)14-10-13(22-3)7-8-16(14)23-4/h7-8,10,12,15H,5-6,9,11H2,1-4H3/t15-/m1/s1. The average Bonchev–Trinajstić information content (AvgIpc) is 3.24. The maximum absolute atomic E-state index is 5.56. The SMILES string of the molecule is COc1ccc(OC)c([C@H]2CCCN2Cc2nc(C(C)C)no2)c1. The van der Waals surface area contributed by atoms with Crippen LogP contribution in [0.5, 0.6) is 11.5 Å².